The zero-order chi connectivity index (χ0) is 19.4. The van der Waals surface area contributed by atoms with E-state index in [4.69, 9.17) is 4.52 Å². The number of hydrogen-bond donors (Lipinski definition) is 0. The van der Waals surface area contributed by atoms with Crippen LogP contribution >= 0.6 is 0 Å². The summed E-state index contributed by atoms with van der Waals surface area (Å²) in [6.07, 6.45) is 6.29. The fraction of sp³-hybridized carbons (Fsp3) is 0.800. The van der Waals surface area contributed by atoms with Gasteiger partial charge in [0.1, 0.15) is 0 Å². The Morgan fingerprint density at radius 2 is 2.07 bits per heavy atom. The van der Waals surface area contributed by atoms with Gasteiger partial charge >= 0.3 is 0 Å². The summed E-state index contributed by atoms with van der Waals surface area (Å²) < 4.78 is 5.29. The maximum Gasteiger partial charge on any atom is 0.226 e. The van der Waals surface area contributed by atoms with Crippen LogP contribution in [0.5, 0.6) is 0 Å². The minimum Gasteiger partial charge on any atom is -0.341 e. The fourth-order valence-corrected chi connectivity index (χ4v) is 3.78. The molecular formula is C20H32N4O3. The van der Waals surface area contributed by atoms with Crippen molar-refractivity contribution in [3.63, 3.8) is 0 Å². The van der Waals surface area contributed by atoms with E-state index in [0.29, 0.717) is 49.5 Å². The Hall–Kier alpha value is -1.92. The molecule has 1 atom stereocenters. The maximum absolute atomic E-state index is 12.4. The van der Waals surface area contributed by atoms with Crippen molar-refractivity contribution in [1.29, 1.82) is 0 Å². The molecule has 1 saturated heterocycles. The molecule has 2 heterocycles. The largest absolute Gasteiger partial charge is 0.341 e. The normalized spacial score (nSPS) is 20.1. The van der Waals surface area contributed by atoms with E-state index in [0.717, 1.165) is 25.8 Å². The molecule has 3 rings (SSSR count). The summed E-state index contributed by atoms with van der Waals surface area (Å²) in [5.74, 6) is 2.66. The molecular weight excluding hydrogens is 344 g/mol. The molecule has 1 aliphatic heterocycles. The lowest BCUT2D eigenvalue weighted by Crippen LogP contribution is -2.51. The zero-order valence-corrected chi connectivity index (χ0v) is 16.8. The average Bonchev–Trinajstić information content (AvgIpc) is 3.32. The number of piperidine rings is 1. The lowest BCUT2D eigenvalue weighted by atomic mass is 10.0. The molecule has 0 bridgehead atoms. The fourth-order valence-electron chi connectivity index (χ4n) is 3.78. The van der Waals surface area contributed by atoms with E-state index in [9.17, 15) is 9.59 Å². The predicted octanol–water partition coefficient (Wildman–Crippen LogP) is 2.45. The second-order valence-corrected chi connectivity index (χ2v) is 8.45. The first-order chi connectivity index (χ1) is 12.9. The first kappa shape index (κ1) is 19.8. The number of carbonyl (C=O) groups is 2. The van der Waals surface area contributed by atoms with Gasteiger partial charge in [-0.05, 0) is 37.5 Å². The van der Waals surface area contributed by atoms with Crippen LogP contribution < -0.4 is 0 Å². The summed E-state index contributed by atoms with van der Waals surface area (Å²) in [6.45, 7) is 7.85. The molecule has 150 valence electrons. The van der Waals surface area contributed by atoms with Gasteiger partial charge in [-0.25, -0.2) is 0 Å². The molecule has 1 saturated carbocycles. The molecule has 27 heavy (non-hydrogen) atoms. The molecule has 2 aliphatic rings. The van der Waals surface area contributed by atoms with E-state index < -0.39 is 0 Å². The van der Waals surface area contributed by atoms with Gasteiger partial charge in [0.05, 0.1) is 0 Å². The summed E-state index contributed by atoms with van der Waals surface area (Å²) in [5, 5.41) is 4.04. The number of likely N-dealkylation sites (tertiary alicyclic amines) is 1. The van der Waals surface area contributed by atoms with E-state index in [-0.39, 0.29) is 17.9 Å². The highest BCUT2D eigenvalue weighted by Gasteiger charge is 2.32. The smallest absolute Gasteiger partial charge is 0.226 e. The summed E-state index contributed by atoms with van der Waals surface area (Å²) in [7, 11) is 0. The van der Waals surface area contributed by atoms with Gasteiger partial charge in [0, 0.05) is 51.9 Å². The minimum atomic E-state index is 0.0439. The molecule has 0 aromatic carbocycles. The number of aromatic nitrogens is 2. The number of amides is 2. The zero-order valence-electron chi connectivity index (χ0n) is 16.8. The first-order valence-electron chi connectivity index (χ1n) is 10.3. The molecule has 2 amide bonds. The van der Waals surface area contributed by atoms with Crippen molar-refractivity contribution < 1.29 is 14.1 Å². The molecule has 1 unspecified atom stereocenters. The van der Waals surface area contributed by atoms with Crippen molar-refractivity contribution in [2.24, 2.45) is 11.8 Å². The molecule has 1 aromatic heterocycles. The Labute approximate surface area is 161 Å². The molecule has 7 heteroatoms. The third-order valence-electron chi connectivity index (χ3n) is 5.42. The Kier molecular flexibility index (Phi) is 6.50. The van der Waals surface area contributed by atoms with Gasteiger partial charge in [-0.2, -0.15) is 4.98 Å². The summed E-state index contributed by atoms with van der Waals surface area (Å²) in [6, 6.07) is 0.0847. The van der Waals surface area contributed by atoms with Gasteiger partial charge < -0.3 is 14.3 Å². The van der Waals surface area contributed by atoms with Crippen LogP contribution in [0, 0.1) is 11.8 Å². The van der Waals surface area contributed by atoms with Crippen LogP contribution in [0.1, 0.15) is 64.6 Å². The van der Waals surface area contributed by atoms with Crippen LogP contribution in [0.3, 0.4) is 0 Å². The standard InChI is InChI=1S/C20H32N4O3/c1-14(2)11-19-21-18(22-27-19)8-10-24(15(3)25)17-5-4-9-23(13-17)20(26)12-16-6-7-16/h14,16-17H,4-13H2,1-3H3. The Bertz CT molecular complexity index is 653. The van der Waals surface area contributed by atoms with Crippen LogP contribution in [0.15, 0.2) is 4.52 Å². The van der Waals surface area contributed by atoms with E-state index in [2.05, 4.69) is 24.0 Å². The maximum atomic E-state index is 12.4. The predicted molar refractivity (Wildman–Crippen MR) is 101 cm³/mol. The van der Waals surface area contributed by atoms with Gasteiger partial charge in [-0.15, -0.1) is 0 Å². The van der Waals surface area contributed by atoms with Gasteiger partial charge in [0.25, 0.3) is 0 Å². The van der Waals surface area contributed by atoms with Gasteiger partial charge in [0.2, 0.25) is 17.7 Å². The highest BCUT2D eigenvalue weighted by molar-refractivity contribution is 5.77. The molecule has 7 nitrogen and oxygen atoms in total. The van der Waals surface area contributed by atoms with E-state index in [1.807, 2.05) is 9.80 Å². The SMILES string of the molecule is CC(=O)N(CCc1noc(CC(C)C)n1)C1CCCN(C(=O)CC2CC2)C1. The quantitative estimate of drug-likeness (QED) is 0.696. The second kappa shape index (κ2) is 8.85. The molecule has 0 spiro atoms. The van der Waals surface area contributed by atoms with Crippen molar-refractivity contribution in [2.45, 2.75) is 71.8 Å². The lowest BCUT2D eigenvalue weighted by Gasteiger charge is -2.39. The topological polar surface area (TPSA) is 79.5 Å². The average molecular weight is 377 g/mol. The van der Waals surface area contributed by atoms with Crippen molar-refractivity contribution in [1.82, 2.24) is 19.9 Å². The Balaban J connectivity index is 1.55. The van der Waals surface area contributed by atoms with Gasteiger partial charge in [-0.3, -0.25) is 9.59 Å². The highest BCUT2D eigenvalue weighted by Crippen LogP contribution is 2.33. The number of hydrogen-bond acceptors (Lipinski definition) is 5. The molecule has 0 N–H and O–H groups in total. The van der Waals surface area contributed by atoms with Crippen molar-refractivity contribution in [3.05, 3.63) is 11.7 Å². The highest BCUT2D eigenvalue weighted by atomic mass is 16.5. The van der Waals surface area contributed by atoms with E-state index in [1.165, 1.54) is 12.8 Å². The van der Waals surface area contributed by atoms with Gasteiger partial charge in [0.15, 0.2) is 5.82 Å². The Morgan fingerprint density at radius 3 is 2.74 bits per heavy atom. The van der Waals surface area contributed by atoms with Crippen LogP contribution in [-0.4, -0.2) is 57.4 Å². The molecule has 1 aromatic rings. The minimum absolute atomic E-state index is 0.0439. The number of rotatable bonds is 8. The second-order valence-electron chi connectivity index (χ2n) is 8.45. The van der Waals surface area contributed by atoms with Crippen molar-refractivity contribution in [3.8, 4) is 0 Å². The van der Waals surface area contributed by atoms with Crippen molar-refractivity contribution in [2.75, 3.05) is 19.6 Å². The monoisotopic (exact) mass is 376 g/mol. The molecule has 1 aliphatic carbocycles. The summed E-state index contributed by atoms with van der Waals surface area (Å²) >= 11 is 0. The van der Waals surface area contributed by atoms with Crippen LogP contribution in [-0.2, 0) is 22.4 Å². The van der Waals surface area contributed by atoms with E-state index >= 15 is 0 Å². The third-order valence-corrected chi connectivity index (χ3v) is 5.42. The molecule has 2 fully saturated rings. The van der Waals surface area contributed by atoms with Crippen LogP contribution in [0.4, 0.5) is 0 Å². The van der Waals surface area contributed by atoms with Gasteiger partial charge in [-0.1, -0.05) is 19.0 Å². The van der Waals surface area contributed by atoms with Crippen LogP contribution in [0.25, 0.3) is 0 Å². The summed E-state index contributed by atoms with van der Waals surface area (Å²) in [4.78, 5) is 33.0. The van der Waals surface area contributed by atoms with Crippen molar-refractivity contribution >= 4 is 11.8 Å². The molecule has 0 radical (unpaired) electrons. The number of carbonyl (C=O) groups excluding carboxylic acids is 2. The lowest BCUT2D eigenvalue weighted by molar-refractivity contribution is -0.138. The van der Waals surface area contributed by atoms with Crippen LogP contribution in [0.2, 0.25) is 0 Å². The number of nitrogens with zero attached hydrogens (tertiary/aromatic N) is 4. The third kappa shape index (κ3) is 5.78. The Morgan fingerprint density at radius 1 is 1.30 bits per heavy atom. The van der Waals surface area contributed by atoms with E-state index in [1.54, 1.807) is 6.92 Å². The first-order valence-corrected chi connectivity index (χ1v) is 10.3. The summed E-state index contributed by atoms with van der Waals surface area (Å²) in [5.41, 5.74) is 0.